The van der Waals surface area contributed by atoms with Gasteiger partial charge in [0.1, 0.15) is 4.88 Å². The number of amides is 3. The summed E-state index contributed by atoms with van der Waals surface area (Å²) in [5, 5.41) is 2.69. The van der Waals surface area contributed by atoms with Crippen molar-refractivity contribution in [3.63, 3.8) is 0 Å². The summed E-state index contributed by atoms with van der Waals surface area (Å²) in [6.07, 6.45) is 0.425. The Morgan fingerprint density at radius 2 is 1.84 bits per heavy atom. The summed E-state index contributed by atoms with van der Waals surface area (Å²) >= 11 is 0.923. The van der Waals surface area contributed by atoms with Crippen molar-refractivity contribution in [2.75, 3.05) is 45.1 Å². The van der Waals surface area contributed by atoms with Crippen molar-refractivity contribution < 1.29 is 19.1 Å². The number of rotatable bonds is 5. The number of nitrogen functional groups attached to an aromatic ring is 1. The molecule has 9 nitrogen and oxygen atoms in total. The summed E-state index contributed by atoms with van der Waals surface area (Å²) in [6, 6.07) is 0. The van der Waals surface area contributed by atoms with E-state index in [2.05, 4.69) is 9.69 Å². The van der Waals surface area contributed by atoms with Gasteiger partial charge in [-0.2, -0.15) is 4.37 Å². The van der Waals surface area contributed by atoms with Crippen LogP contribution in [-0.4, -0.2) is 71.4 Å². The molecular formula is C15H23N5O4S. The third kappa shape index (κ3) is 4.38. The lowest BCUT2D eigenvalue weighted by Crippen LogP contribution is -2.50. The summed E-state index contributed by atoms with van der Waals surface area (Å²) in [6.45, 7) is 6.08. The number of nitrogens with one attached hydrogen (secondary N) is 1. The molecule has 1 fully saturated rings. The number of nitrogens with two attached hydrogens (primary N) is 1. The van der Waals surface area contributed by atoms with Crippen molar-refractivity contribution in [1.82, 2.24) is 19.5 Å². The predicted octanol–water partition coefficient (Wildman–Crippen LogP) is 0.779. The summed E-state index contributed by atoms with van der Waals surface area (Å²) in [5.41, 5.74) is 6.15. The molecule has 0 aliphatic carbocycles. The van der Waals surface area contributed by atoms with E-state index >= 15 is 0 Å². The van der Waals surface area contributed by atoms with Crippen molar-refractivity contribution in [2.45, 2.75) is 20.3 Å². The van der Waals surface area contributed by atoms with Crippen LogP contribution in [0.15, 0.2) is 0 Å². The minimum absolute atomic E-state index is 0.0898. The van der Waals surface area contributed by atoms with Gasteiger partial charge < -0.3 is 25.6 Å². The van der Waals surface area contributed by atoms with Gasteiger partial charge in [-0.25, -0.2) is 4.79 Å². The van der Waals surface area contributed by atoms with Crippen LogP contribution < -0.4 is 11.1 Å². The van der Waals surface area contributed by atoms with Crippen LogP contribution in [0.25, 0.3) is 0 Å². The first-order chi connectivity index (χ1) is 12.0. The maximum Gasteiger partial charge on any atom is 0.409 e. The smallest absolute Gasteiger partial charge is 0.409 e. The van der Waals surface area contributed by atoms with Gasteiger partial charge in [0.15, 0.2) is 5.69 Å². The van der Waals surface area contributed by atoms with Crippen molar-refractivity contribution >= 4 is 35.1 Å². The fourth-order valence-electron chi connectivity index (χ4n) is 2.39. The molecular weight excluding hydrogens is 346 g/mol. The minimum Gasteiger partial charge on any atom is -0.450 e. The number of ether oxygens (including phenoxy) is 1. The molecule has 0 radical (unpaired) electrons. The maximum absolute atomic E-state index is 12.6. The summed E-state index contributed by atoms with van der Waals surface area (Å²) < 4.78 is 8.98. The Bertz CT molecular complexity index is 640. The molecule has 3 amide bonds. The van der Waals surface area contributed by atoms with Crippen LogP contribution in [0.2, 0.25) is 0 Å². The SMILES string of the molecule is CCCNC(=O)c1nsc(C(=O)N2CCN(C(=O)OCC)CC2)c1N. The van der Waals surface area contributed by atoms with E-state index in [-0.39, 0.29) is 34.2 Å². The van der Waals surface area contributed by atoms with Crippen molar-refractivity contribution in [1.29, 1.82) is 0 Å². The van der Waals surface area contributed by atoms with E-state index in [1.165, 1.54) is 0 Å². The molecule has 0 aromatic carbocycles. The highest BCUT2D eigenvalue weighted by Crippen LogP contribution is 2.24. The first-order valence-corrected chi connectivity index (χ1v) is 9.01. The molecule has 2 heterocycles. The molecule has 1 aromatic heterocycles. The minimum atomic E-state index is -0.373. The fourth-order valence-corrected chi connectivity index (χ4v) is 3.15. The fraction of sp³-hybridized carbons (Fsp3) is 0.600. The molecule has 10 heteroatoms. The Morgan fingerprint density at radius 1 is 1.20 bits per heavy atom. The normalized spacial score (nSPS) is 14.3. The van der Waals surface area contributed by atoms with E-state index in [1.54, 1.807) is 16.7 Å². The van der Waals surface area contributed by atoms with Gasteiger partial charge in [0.05, 0.1) is 12.3 Å². The second kappa shape index (κ2) is 8.65. The van der Waals surface area contributed by atoms with E-state index < -0.39 is 0 Å². The van der Waals surface area contributed by atoms with E-state index in [0.717, 1.165) is 18.0 Å². The van der Waals surface area contributed by atoms with Crippen LogP contribution in [-0.2, 0) is 4.74 Å². The maximum atomic E-state index is 12.6. The molecule has 1 aliphatic heterocycles. The number of nitrogens with zero attached hydrogens (tertiary/aromatic N) is 3. The molecule has 1 aromatic rings. The van der Waals surface area contributed by atoms with Gasteiger partial charge in [-0.1, -0.05) is 6.92 Å². The van der Waals surface area contributed by atoms with Crippen LogP contribution in [0, 0.1) is 0 Å². The van der Waals surface area contributed by atoms with Crippen LogP contribution in [0.1, 0.15) is 40.4 Å². The molecule has 138 valence electrons. The third-order valence-electron chi connectivity index (χ3n) is 3.77. The number of hydrogen-bond acceptors (Lipinski definition) is 7. The monoisotopic (exact) mass is 369 g/mol. The average Bonchev–Trinajstić information content (AvgIpc) is 3.01. The molecule has 3 N–H and O–H groups in total. The summed E-state index contributed by atoms with van der Waals surface area (Å²) in [4.78, 5) is 39.7. The number of hydrogen-bond donors (Lipinski definition) is 2. The Kier molecular flexibility index (Phi) is 6.57. The van der Waals surface area contributed by atoms with Gasteiger partial charge in [0, 0.05) is 32.7 Å². The highest BCUT2D eigenvalue weighted by atomic mass is 32.1. The molecule has 2 rings (SSSR count). The van der Waals surface area contributed by atoms with Crippen molar-refractivity contribution in [3.05, 3.63) is 10.6 Å². The van der Waals surface area contributed by atoms with Gasteiger partial charge in [0.2, 0.25) is 0 Å². The zero-order chi connectivity index (χ0) is 18.4. The Labute approximate surface area is 150 Å². The van der Waals surface area contributed by atoms with Crippen LogP contribution in [0.5, 0.6) is 0 Å². The first kappa shape index (κ1) is 19.0. The lowest BCUT2D eigenvalue weighted by molar-refractivity contribution is 0.0575. The first-order valence-electron chi connectivity index (χ1n) is 8.23. The highest BCUT2D eigenvalue weighted by Gasteiger charge is 2.29. The number of piperazine rings is 1. The highest BCUT2D eigenvalue weighted by molar-refractivity contribution is 7.09. The van der Waals surface area contributed by atoms with Crippen LogP contribution in [0.4, 0.5) is 10.5 Å². The van der Waals surface area contributed by atoms with E-state index in [4.69, 9.17) is 10.5 Å². The average molecular weight is 369 g/mol. The largest absolute Gasteiger partial charge is 0.450 e. The Balaban J connectivity index is 1.99. The number of carbonyl (C=O) groups is 3. The summed E-state index contributed by atoms with van der Waals surface area (Å²) in [5.74, 6) is -0.644. The molecule has 0 saturated carbocycles. The van der Waals surface area contributed by atoms with Crippen molar-refractivity contribution in [2.24, 2.45) is 0 Å². The standard InChI is InChI=1S/C15H23N5O4S/c1-3-5-17-13(21)11-10(16)12(25-18-11)14(22)19-6-8-20(9-7-19)15(23)24-4-2/h3-9,16H2,1-2H3,(H,17,21). The van der Waals surface area contributed by atoms with E-state index in [1.807, 2.05) is 6.92 Å². The summed E-state index contributed by atoms with van der Waals surface area (Å²) in [7, 11) is 0. The quantitative estimate of drug-likeness (QED) is 0.792. The number of aromatic nitrogens is 1. The van der Waals surface area contributed by atoms with Crippen LogP contribution >= 0.6 is 11.5 Å². The molecule has 1 saturated heterocycles. The predicted molar refractivity (Wildman–Crippen MR) is 93.6 cm³/mol. The Morgan fingerprint density at radius 3 is 2.44 bits per heavy atom. The zero-order valence-corrected chi connectivity index (χ0v) is 15.2. The molecule has 1 aliphatic rings. The second-order valence-electron chi connectivity index (χ2n) is 5.51. The van der Waals surface area contributed by atoms with Gasteiger partial charge in [0.25, 0.3) is 11.8 Å². The van der Waals surface area contributed by atoms with E-state index in [9.17, 15) is 14.4 Å². The molecule has 0 bridgehead atoms. The lowest BCUT2D eigenvalue weighted by atomic mass is 10.2. The zero-order valence-electron chi connectivity index (χ0n) is 14.4. The van der Waals surface area contributed by atoms with E-state index in [0.29, 0.717) is 39.3 Å². The molecule has 0 atom stereocenters. The molecule has 0 spiro atoms. The number of anilines is 1. The van der Waals surface area contributed by atoms with Crippen LogP contribution in [0.3, 0.4) is 0 Å². The van der Waals surface area contributed by atoms with Gasteiger partial charge in [-0.3, -0.25) is 9.59 Å². The molecule has 25 heavy (non-hydrogen) atoms. The second-order valence-corrected chi connectivity index (χ2v) is 6.28. The Hall–Kier alpha value is -2.36. The topological polar surface area (TPSA) is 118 Å². The van der Waals surface area contributed by atoms with Gasteiger partial charge >= 0.3 is 6.09 Å². The molecule has 0 unspecified atom stereocenters. The third-order valence-corrected chi connectivity index (χ3v) is 4.62. The lowest BCUT2D eigenvalue weighted by Gasteiger charge is -2.33. The van der Waals surface area contributed by atoms with Crippen molar-refractivity contribution in [3.8, 4) is 0 Å². The van der Waals surface area contributed by atoms with Gasteiger partial charge in [-0.05, 0) is 24.9 Å². The number of carbonyl (C=O) groups excluding carboxylic acids is 3. The van der Waals surface area contributed by atoms with Gasteiger partial charge in [-0.15, -0.1) is 0 Å².